The highest BCUT2D eigenvalue weighted by molar-refractivity contribution is 7.92. The zero-order valence-corrected chi connectivity index (χ0v) is 27.3. The highest BCUT2D eigenvalue weighted by atomic mass is 35.5. The Kier molecular flexibility index (Phi) is 11.4. The molecule has 3 aromatic rings. The van der Waals surface area contributed by atoms with E-state index in [9.17, 15) is 18.0 Å². The van der Waals surface area contributed by atoms with Crippen molar-refractivity contribution in [3.05, 3.63) is 92.9 Å². The van der Waals surface area contributed by atoms with Gasteiger partial charge in [-0.2, -0.15) is 0 Å². The SMILES string of the molecule is CC[C@H](C(=O)NC1CCCCC1)N(Cc1c(Cl)cccc1Cl)C(=O)CN(c1ccc(Cl)cc1C)S(=O)(=O)c1ccccc1. The van der Waals surface area contributed by atoms with E-state index in [1.54, 1.807) is 61.5 Å². The quantitative estimate of drug-likeness (QED) is 0.231. The van der Waals surface area contributed by atoms with Crippen LogP contribution in [0.15, 0.2) is 71.6 Å². The zero-order valence-electron chi connectivity index (χ0n) is 24.2. The van der Waals surface area contributed by atoms with Crippen LogP contribution in [0.25, 0.3) is 0 Å². The van der Waals surface area contributed by atoms with Crippen LogP contribution in [0, 0.1) is 6.92 Å². The van der Waals surface area contributed by atoms with Gasteiger partial charge in [0, 0.05) is 33.2 Å². The summed E-state index contributed by atoms with van der Waals surface area (Å²) in [5.74, 6) is -0.860. The average molecular weight is 665 g/mol. The van der Waals surface area contributed by atoms with Gasteiger partial charge in [-0.1, -0.05) is 85.3 Å². The molecule has 1 atom stereocenters. The number of carbonyl (C=O) groups is 2. The lowest BCUT2D eigenvalue weighted by Crippen LogP contribution is -2.54. The van der Waals surface area contributed by atoms with E-state index in [1.807, 2.05) is 6.92 Å². The standard InChI is InChI=1S/C32H36Cl3N3O4S/c1-3-29(32(40)36-24-11-6-4-7-12-24)37(20-26-27(34)15-10-16-28(26)35)31(39)21-38(30-18-17-23(33)19-22(30)2)43(41,42)25-13-8-5-9-14-25/h5,8-10,13-19,24,29H,3-4,6-7,11-12,20-21H2,1-2H3,(H,36,40)/t29-/m1/s1. The van der Waals surface area contributed by atoms with E-state index in [-0.39, 0.29) is 23.4 Å². The van der Waals surface area contributed by atoms with Crippen LogP contribution in [-0.4, -0.2) is 43.8 Å². The maximum atomic E-state index is 14.3. The molecular formula is C32H36Cl3N3O4S. The van der Waals surface area contributed by atoms with Gasteiger partial charge in [-0.15, -0.1) is 0 Å². The van der Waals surface area contributed by atoms with Crippen LogP contribution in [0.3, 0.4) is 0 Å². The van der Waals surface area contributed by atoms with Gasteiger partial charge in [0.15, 0.2) is 0 Å². The van der Waals surface area contributed by atoms with Gasteiger partial charge in [0.05, 0.1) is 10.6 Å². The Hall–Kier alpha value is -2.78. The van der Waals surface area contributed by atoms with Crippen LogP contribution < -0.4 is 9.62 Å². The van der Waals surface area contributed by atoms with Crippen LogP contribution in [0.2, 0.25) is 15.1 Å². The van der Waals surface area contributed by atoms with Crippen molar-refractivity contribution in [2.24, 2.45) is 0 Å². The zero-order chi connectivity index (χ0) is 31.1. The first-order valence-electron chi connectivity index (χ1n) is 14.4. The molecule has 1 N–H and O–H groups in total. The molecule has 0 saturated heterocycles. The lowest BCUT2D eigenvalue weighted by Gasteiger charge is -2.35. The molecule has 1 aliphatic rings. The number of amides is 2. The molecule has 0 aliphatic heterocycles. The topological polar surface area (TPSA) is 86.8 Å². The maximum absolute atomic E-state index is 14.3. The highest BCUT2D eigenvalue weighted by Crippen LogP contribution is 2.31. The number of hydrogen-bond donors (Lipinski definition) is 1. The third-order valence-electron chi connectivity index (χ3n) is 7.77. The van der Waals surface area contributed by atoms with Crippen LogP contribution in [0.4, 0.5) is 5.69 Å². The molecule has 230 valence electrons. The summed E-state index contributed by atoms with van der Waals surface area (Å²) >= 11 is 19.2. The minimum atomic E-state index is -4.19. The average Bonchev–Trinajstić information content (AvgIpc) is 2.98. The first-order valence-corrected chi connectivity index (χ1v) is 17.0. The number of nitrogens with one attached hydrogen (secondary N) is 1. The monoisotopic (exact) mass is 663 g/mol. The molecule has 1 saturated carbocycles. The third-order valence-corrected chi connectivity index (χ3v) is 10.5. The van der Waals surface area contributed by atoms with Crippen molar-refractivity contribution in [3.63, 3.8) is 0 Å². The Bertz CT molecular complexity index is 1530. The van der Waals surface area contributed by atoms with E-state index in [4.69, 9.17) is 34.8 Å². The molecule has 43 heavy (non-hydrogen) atoms. The molecule has 0 aromatic heterocycles. The molecule has 11 heteroatoms. The molecule has 0 radical (unpaired) electrons. The number of sulfonamides is 1. The van der Waals surface area contributed by atoms with E-state index in [0.717, 1.165) is 36.4 Å². The second-order valence-electron chi connectivity index (χ2n) is 10.7. The molecule has 1 aliphatic carbocycles. The predicted molar refractivity (Wildman–Crippen MR) is 173 cm³/mol. The van der Waals surface area contributed by atoms with Crippen molar-refractivity contribution < 1.29 is 18.0 Å². The molecule has 0 unspecified atom stereocenters. The normalized spacial score (nSPS) is 14.6. The number of halogens is 3. The number of rotatable bonds is 11. The van der Waals surface area contributed by atoms with E-state index >= 15 is 0 Å². The number of carbonyl (C=O) groups excluding carboxylic acids is 2. The van der Waals surface area contributed by atoms with Gasteiger partial charge in [-0.3, -0.25) is 13.9 Å². The molecule has 4 rings (SSSR count). The molecule has 0 spiro atoms. The first-order chi connectivity index (χ1) is 20.5. The second kappa shape index (κ2) is 14.8. The van der Waals surface area contributed by atoms with Crippen LogP contribution in [0.5, 0.6) is 0 Å². The number of nitrogens with zero attached hydrogens (tertiary/aromatic N) is 2. The smallest absolute Gasteiger partial charge is 0.264 e. The van der Waals surface area contributed by atoms with Gasteiger partial charge < -0.3 is 10.2 Å². The number of benzene rings is 3. The van der Waals surface area contributed by atoms with Crippen molar-refractivity contribution in [1.29, 1.82) is 0 Å². The molecule has 3 aromatic carbocycles. The predicted octanol–water partition coefficient (Wildman–Crippen LogP) is 7.41. The van der Waals surface area contributed by atoms with E-state index in [1.165, 1.54) is 17.0 Å². The summed E-state index contributed by atoms with van der Waals surface area (Å²) in [4.78, 5) is 29.5. The molecule has 1 fully saturated rings. The molecule has 2 amide bonds. The summed E-state index contributed by atoms with van der Waals surface area (Å²) in [6.07, 6.45) is 5.27. The third kappa shape index (κ3) is 8.04. The van der Waals surface area contributed by atoms with Crippen LogP contribution >= 0.6 is 34.8 Å². The summed E-state index contributed by atoms with van der Waals surface area (Å²) < 4.78 is 29.1. The minimum absolute atomic E-state index is 0.0277. The number of anilines is 1. The Morgan fingerprint density at radius 1 is 0.930 bits per heavy atom. The lowest BCUT2D eigenvalue weighted by atomic mass is 9.95. The fraction of sp³-hybridized carbons (Fsp3) is 0.375. The van der Waals surface area contributed by atoms with Gasteiger partial charge in [0.1, 0.15) is 12.6 Å². The van der Waals surface area contributed by atoms with Gasteiger partial charge in [0.2, 0.25) is 11.8 Å². The van der Waals surface area contributed by atoms with Gasteiger partial charge in [-0.05, 0) is 74.2 Å². The van der Waals surface area contributed by atoms with Crippen molar-refractivity contribution >= 4 is 62.3 Å². The highest BCUT2D eigenvalue weighted by Gasteiger charge is 2.35. The van der Waals surface area contributed by atoms with Gasteiger partial charge in [0.25, 0.3) is 10.0 Å². The number of hydrogen-bond acceptors (Lipinski definition) is 4. The summed E-state index contributed by atoms with van der Waals surface area (Å²) in [6.45, 7) is 2.91. The van der Waals surface area contributed by atoms with E-state index in [2.05, 4.69) is 5.32 Å². The molecule has 0 bridgehead atoms. The summed E-state index contributed by atoms with van der Waals surface area (Å²) in [5, 5.41) is 4.25. The van der Waals surface area contributed by atoms with E-state index < -0.39 is 28.5 Å². The largest absolute Gasteiger partial charge is 0.352 e. The minimum Gasteiger partial charge on any atom is -0.352 e. The Morgan fingerprint density at radius 2 is 1.58 bits per heavy atom. The molecular weight excluding hydrogens is 629 g/mol. The maximum Gasteiger partial charge on any atom is 0.264 e. The Morgan fingerprint density at radius 3 is 2.19 bits per heavy atom. The molecule has 7 nitrogen and oxygen atoms in total. The molecule has 0 heterocycles. The van der Waals surface area contributed by atoms with Crippen molar-refractivity contribution in [2.75, 3.05) is 10.8 Å². The van der Waals surface area contributed by atoms with E-state index in [0.29, 0.717) is 38.3 Å². The Labute approximate surface area is 269 Å². The van der Waals surface area contributed by atoms with Crippen LogP contribution in [0.1, 0.15) is 56.6 Å². The van der Waals surface area contributed by atoms with Crippen LogP contribution in [-0.2, 0) is 26.2 Å². The fourth-order valence-corrected chi connectivity index (χ4v) is 7.69. The Balaban J connectivity index is 1.75. The van der Waals surface area contributed by atoms with Crippen molar-refractivity contribution in [3.8, 4) is 0 Å². The summed E-state index contributed by atoms with van der Waals surface area (Å²) in [6, 6.07) is 16.9. The van der Waals surface area contributed by atoms with Gasteiger partial charge >= 0.3 is 0 Å². The van der Waals surface area contributed by atoms with Crippen molar-refractivity contribution in [2.45, 2.75) is 75.9 Å². The summed E-state index contributed by atoms with van der Waals surface area (Å²) in [7, 11) is -4.19. The first kappa shape index (κ1) is 33.1. The summed E-state index contributed by atoms with van der Waals surface area (Å²) in [5.41, 5.74) is 1.35. The van der Waals surface area contributed by atoms with Gasteiger partial charge in [-0.25, -0.2) is 8.42 Å². The lowest BCUT2D eigenvalue weighted by molar-refractivity contribution is -0.140. The van der Waals surface area contributed by atoms with Crippen molar-refractivity contribution in [1.82, 2.24) is 10.2 Å². The fourth-order valence-electron chi connectivity index (χ4n) is 5.45. The number of aryl methyl sites for hydroxylation is 1. The second-order valence-corrected chi connectivity index (χ2v) is 13.9.